The van der Waals surface area contributed by atoms with Gasteiger partial charge in [-0.05, 0) is 37.4 Å². The molecule has 1 heterocycles. The zero-order chi connectivity index (χ0) is 12.8. The fraction of sp³-hybridized carbons (Fsp3) is 0.533. The van der Waals surface area contributed by atoms with Gasteiger partial charge in [-0.2, -0.15) is 0 Å². The number of nitrogens with one attached hydrogen (secondary N) is 1. The molecule has 1 saturated heterocycles. The van der Waals surface area contributed by atoms with Crippen LogP contribution in [0.2, 0.25) is 0 Å². The smallest absolute Gasteiger partial charge is 0.222 e. The Hall–Kier alpha value is -1.06. The summed E-state index contributed by atoms with van der Waals surface area (Å²) in [5.74, 6) is 0.816. The molecule has 1 N–H and O–H groups in total. The van der Waals surface area contributed by atoms with E-state index in [0.717, 1.165) is 32.5 Å². The van der Waals surface area contributed by atoms with Gasteiger partial charge in [0.15, 0.2) is 0 Å². The lowest BCUT2D eigenvalue weighted by atomic mass is 10.0. The van der Waals surface area contributed by atoms with Crippen molar-refractivity contribution < 1.29 is 4.79 Å². The maximum absolute atomic E-state index is 12.0. The SMILES string of the molecule is CN(CCc1ccccc1)C(=O)CC1CCNC1.Cl. The Bertz CT molecular complexity index is 377. The van der Waals surface area contributed by atoms with Gasteiger partial charge in [0, 0.05) is 20.0 Å². The molecular formula is C15H23ClN2O. The van der Waals surface area contributed by atoms with E-state index in [4.69, 9.17) is 0 Å². The van der Waals surface area contributed by atoms with Gasteiger partial charge in [-0.3, -0.25) is 4.79 Å². The second kappa shape index (κ2) is 8.18. The highest BCUT2D eigenvalue weighted by molar-refractivity contribution is 5.85. The van der Waals surface area contributed by atoms with Gasteiger partial charge in [0.2, 0.25) is 5.91 Å². The van der Waals surface area contributed by atoms with Crippen molar-refractivity contribution in [2.24, 2.45) is 5.92 Å². The molecule has 0 aliphatic carbocycles. The zero-order valence-corrected chi connectivity index (χ0v) is 12.3. The number of halogens is 1. The van der Waals surface area contributed by atoms with E-state index in [2.05, 4.69) is 17.4 Å². The van der Waals surface area contributed by atoms with Crippen LogP contribution < -0.4 is 5.32 Å². The molecule has 106 valence electrons. The van der Waals surface area contributed by atoms with Crippen LogP contribution in [0.25, 0.3) is 0 Å². The highest BCUT2D eigenvalue weighted by Gasteiger charge is 2.19. The van der Waals surface area contributed by atoms with Crippen LogP contribution in [-0.4, -0.2) is 37.5 Å². The summed E-state index contributed by atoms with van der Waals surface area (Å²) >= 11 is 0. The van der Waals surface area contributed by atoms with Gasteiger partial charge in [0.1, 0.15) is 0 Å². The third-order valence-electron chi connectivity index (χ3n) is 3.63. The number of nitrogens with zero attached hydrogens (tertiary/aromatic N) is 1. The highest BCUT2D eigenvalue weighted by Crippen LogP contribution is 2.13. The summed E-state index contributed by atoms with van der Waals surface area (Å²) in [6.45, 7) is 2.87. The average molecular weight is 283 g/mol. The van der Waals surface area contributed by atoms with Crippen molar-refractivity contribution >= 4 is 18.3 Å². The fourth-order valence-corrected chi connectivity index (χ4v) is 2.36. The maximum Gasteiger partial charge on any atom is 0.222 e. The van der Waals surface area contributed by atoms with Crippen molar-refractivity contribution in [3.05, 3.63) is 35.9 Å². The molecule has 0 aromatic heterocycles. The molecule has 1 aromatic carbocycles. The van der Waals surface area contributed by atoms with Crippen LogP contribution in [0.4, 0.5) is 0 Å². The molecule has 19 heavy (non-hydrogen) atoms. The van der Waals surface area contributed by atoms with E-state index in [9.17, 15) is 4.79 Å². The molecule has 1 amide bonds. The first-order chi connectivity index (χ1) is 8.75. The number of benzene rings is 1. The molecule has 4 heteroatoms. The van der Waals surface area contributed by atoms with E-state index in [1.165, 1.54) is 5.56 Å². The van der Waals surface area contributed by atoms with Crippen molar-refractivity contribution in [3.8, 4) is 0 Å². The van der Waals surface area contributed by atoms with E-state index in [1.54, 1.807) is 0 Å². The predicted molar refractivity (Wildman–Crippen MR) is 80.6 cm³/mol. The Morgan fingerprint density at radius 3 is 2.74 bits per heavy atom. The second-order valence-corrected chi connectivity index (χ2v) is 5.11. The Labute approximate surface area is 121 Å². The van der Waals surface area contributed by atoms with Crippen LogP contribution >= 0.6 is 12.4 Å². The van der Waals surface area contributed by atoms with E-state index < -0.39 is 0 Å². The Morgan fingerprint density at radius 1 is 1.37 bits per heavy atom. The number of hydrogen-bond donors (Lipinski definition) is 1. The zero-order valence-electron chi connectivity index (χ0n) is 11.5. The molecule has 1 atom stereocenters. The number of amides is 1. The third kappa shape index (κ3) is 5.21. The second-order valence-electron chi connectivity index (χ2n) is 5.11. The van der Waals surface area contributed by atoms with Crippen molar-refractivity contribution in [2.75, 3.05) is 26.7 Å². The van der Waals surface area contributed by atoms with Crippen LogP contribution in [0.1, 0.15) is 18.4 Å². The average Bonchev–Trinajstić information content (AvgIpc) is 2.90. The number of likely N-dealkylation sites (N-methyl/N-ethyl adjacent to an activating group) is 1. The fourth-order valence-electron chi connectivity index (χ4n) is 2.36. The lowest BCUT2D eigenvalue weighted by Crippen LogP contribution is -2.30. The standard InChI is InChI=1S/C15H22N2O.ClH/c1-17(10-8-13-5-3-2-4-6-13)15(18)11-14-7-9-16-12-14;/h2-6,14,16H,7-12H2,1H3;1H. The maximum atomic E-state index is 12.0. The van der Waals surface area contributed by atoms with Crippen LogP contribution in [0.3, 0.4) is 0 Å². The molecule has 2 rings (SSSR count). The highest BCUT2D eigenvalue weighted by atomic mass is 35.5. The van der Waals surface area contributed by atoms with Crippen LogP contribution in [-0.2, 0) is 11.2 Å². The van der Waals surface area contributed by atoms with Gasteiger partial charge < -0.3 is 10.2 Å². The van der Waals surface area contributed by atoms with E-state index >= 15 is 0 Å². The van der Waals surface area contributed by atoms with E-state index in [1.807, 2.05) is 30.1 Å². The minimum absolute atomic E-state index is 0. The third-order valence-corrected chi connectivity index (χ3v) is 3.63. The number of rotatable bonds is 5. The lowest BCUT2D eigenvalue weighted by molar-refractivity contribution is -0.130. The molecule has 1 fully saturated rings. The molecule has 0 radical (unpaired) electrons. The number of hydrogen-bond acceptors (Lipinski definition) is 2. The quantitative estimate of drug-likeness (QED) is 0.897. The van der Waals surface area contributed by atoms with Gasteiger partial charge in [-0.15, -0.1) is 12.4 Å². The normalized spacial score (nSPS) is 17.8. The monoisotopic (exact) mass is 282 g/mol. The predicted octanol–water partition coefficient (Wildman–Crippen LogP) is 2.11. The first kappa shape index (κ1) is 16.0. The van der Waals surface area contributed by atoms with E-state index in [0.29, 0.717) is 12.3 Å². The van der Waals surface area contributed by atoms with Gasteiger partial charge in [-0.1, -0.05) is 30.3 Å². The Kier molecular flexibility index (Phi) is 6.89. The molecule has 1 unspecified atom stereocenters. The first-order valence-corrected chi connectivity index (χ1v) is 6.74. The summed E-state index contributed by atoms with van der Waals surface area (Å²) in [6, 6.07) is 10.3. The molecule has 1 aliphatic heterocycles. The van der Waals surface area contributed by atoms with Crippen molar-refractivity contribution in [1.82, 2.24) is 10.2 Å². The van der Waals surface area contributed by atoms with Crippen LogP contribution in [0.15, 0.2) is 30.3 Å². The molecule has 0 spiro atoms. The number of carbonyl (C=O) groups is 1. The van der Waals surface area contributed by atoms with Crippen LogP contribution in [0, 0.1) is 5.92 Å². The Morgan fingerprint density at radius 2 is 2.11 bits per heavy atom. The minimum atomic E-state index is 0. The molecule has 3 nitrogen and oxygen atoms in total. The summed E-state index contributed by atoms with van der Waals surface area (Å²) in [7, 11) is 1.91. The molecule has 0 bridgehead atoms. The molecule has 0 saturated carbocycles. The minimum Gasteiger partial charge on any atom is -0.345 e. The summed E-state index contributed by atoms with van der Waals surface area (Å²) < 4.78 is 0. The Balaban J connectivity index is 0.00000180. The van der Waals surface area contributed by atoms with Gasteiger partial charge in [-0.25, -0.2) is 0 Å². The van der Waals surface area contributed by atoms with Crippen LogP contribution in [0.5, 0.6) is 0 Å². The summed E-state index contributed by atoms with van der Waals surface area (Å²) in [6.07, 6.45) is 2.77. The first-order valence-electron chi connectivity index (χ1n) is 6.74. The summed E-state index contributed by atoms with van der Waals surface area (Å²) in [4.78, 5) is 13.9. The van der Waals surface area contributed by atoms with Gasteiger partial charge >= 0.3 is 0 Å². The van der Waals surface area contributed by atoms with Gasteiger partial charge in [0.05, 0.1) is 0 Å². The van der Waals surface area contributed by atoms with E-state index in [-0.39, 0.29) is 18.3 Å². The molecule has 1 aliphatic rings. The summed E-state index contributed by atoms with van der Waals surface area (Å²) in [5.41, 5.74) is 1.29. The lowest BCUT2D eigenvalue weighted by Gasteiger charge is -2.19. The van der Waals surface area contributed by atoms with Crippen molar-refractivity contribution in [2.45, 2.75) is 19.3 Å². The molecule has 1 aromatic rings. The largest absolute Gasteiger partial charge is 0.345 e. The summed E-state index contributed by atoms with van der Waals surface area (Å²) in [5, 5.41) is 3.30. The molecular weight excluding hydrogens is 260 g/mol. The number of carbonyl (C=O) groups excluding carboxylic acids is 1. The van der Waals surface area contributed by atoms with Crippen molar-refractivity contribution in [1.29, 1.82) is 0 Å². The van der Waals surface area contributed by atoms with Gasteiger partial charge in [0.25, 0.3) is 0 Å². The van der Waals surface area contributed by atoms with Crippen molar-refractivity contribution in [3.63, 3.8) is 0 Å². The topological polar surface area (TPSA) is 32.3 Å².